The normalized spacial score (nSPS) is 12.3. The van der Waals surface area contributed by atoms with Gasteiger partial charge >= 0.3 is 5.97 Å². The molecule has 5 nitrogen and oxygen atoms in total. The number of hydrogen-bond donors (Lipinski definition) is 1. The van der Waals surface area contributed by atoms with E-state index in [4.69, 9.17) is 5.11 Å². The number of halogens is 1. The van der Waals surface area contributed by atoms with Crippen molar-refractivity contribution in [2.24, 2.45) is 5.92 Å². The van der Waals surface area contributed by atoms with E-state index in [0.717, 1.165) is 0 Å². The molecule has 0 amide bonds. The molecule has 0 aliphatic rings. The molecule has 1 heterocycles. The van der Waals surface area contributed by atoms with Crippen molar-refractivity contribution < 1.29 is 14.3 Å². The SMILES string of the molecule is CC(Cc1cn(-c2ccc(F)cc2)nn1)C(=O)O. The lowest BCUT2D eigenvalue weighted by Crippen LogP contribution is -2.12. The van der Waals surface area contributed by atoms with E-state index in [2.05, 4.69) is 10.3 Å². The van der Waals surface area contributed by atoms with Crippen molar-refractivity contribution >= 4 is 5.97 Å². The van der Waals surface area contributed by atoms with Crippen LogP contribution in [0.1, 0.15) is 12.6 Å². The standard InChI is InChI=1S/C12H12FN3O2/c1-8(12(17)18)6-10-7-16(15-14-10)11-4-2-9(13)3-5-11/h2-5,7-8H,6H2,1H3,(H,17,18). The van der Waals surface area contributed by atoms with Crippen LogP contribution in [0, 0.1) is 11.7 Å². The zero-order valence-electron chi connectivity index (χ0n) is 9.75. The second kappa shape index (κ2) is 4.95. The minimum atomic E-state index is -0.869. The maximum absolute atomic E-state index is 12.8. The van der Waals surface area contributed by atoms with Crippen molar-refractivity contribution in [2.45, 2.75) is 13.3 Å². The average molecular weight is 249 g/mol. The Labute approximate surface area is 103 Å². The highest BCUT2D eigenvalue weighted by atomic mass is 19.1. The summed E-state index contributed by atoms with van der Waals surface area (Å²) in [5, 5.41) is 16.6. The lowest BCUT2D eigenvalue weighted by molar-refractivity contribution is -0.141. The van der Waals surface area contributed by atoms with Gasteiger partial charge in [-0.05, 0) is 24.3 Å². The summed E-state index contributed by atoms with van der Waals surface area (Å²) in [6, 6.07) is 5.82. The molecule has 1 aromatic heterocycles. The Hall–Kier alpha value is -2.24. The largest absolute Gasteiger partial charge is 0.481 e. The Morgan fingerprint density at radius 3 is 2.72 bits per heavy atom. The van der Waals surface area contributed by atoms with Crippen LogP contribution in [0.15, 0.2) is 30.5 Å². The van der Waals surface area contributed by atoms with Gasteiger partial charge in [0.2, 0.25) is 0 Å². The number of aromatic nitrogens is 3. The van der Waals surface area contributed by atoms with Crippen LogP contribution in [0.5, 0.6) is 0 Å². The molecular weight excluding hydrogens is 237 g/mol. The van der Waals surface area contributed by atoms with E-state index in [1.54, 1.807) is 25.3 Å². The summed E-state index contributed by atoms with van der Waals surface area (Å²) in [6.45, 7) is 1.61. The Bertz CT molecular complexity index is 551. The molecular formula is C12H12FN3O2. The Kier molecular flexibility index (Phi) is 3.36. The summed E-state index contributed by atoms with van der Waals surface area (Å²) >= 11 is 0. The molecule has 18 heavy (non-hydrogen) atoms. The first-order valence-electron chi connectivity index (χ1n) is 5.46. The highest BCUT2D eigenvalue weighted by Gasteiger charge is 2.14. The highest BCUT2D eigenvalue weighted by molar-refractivity contribution is 5.69. The lowest BCUT2D eigenvalue weighted by atomic mass is 10.1. The molecule has 0 saturated heterocycles. The van der Waals surface area contributed by atoms with Gasteiger partial charge in [-0.3, -0.25) is 4.79 Å². The van der Waals surface area contributed by atoms with E-state index in [1.807, 2.05) is 0 Å². The molecule has 0 fully saturated rings. The Balaban J connectivity index is 2.15. The molecule has 0 radical (unpaired) electrons. The zero-order chi connectivity index (χ0) is 13.1. The van der Waals surface area contributed by atoms with E-state index in [9.17, 15) is 9.18 Å². The van der Waals surface area contributed by atoms with E-state index in [0.29, 0.717) is 17.8 Å². The van der Waals surface area contributed by atoms with Crippen LogP contribution >= 0.6 is 0 Å². The zero-order valence-corrected chi connectivity index (χ0v) is 9.75. The number of rotatable bonds is 4. The highest BCUT2D eigenvalue weighted by Crippen LogP contribution is 2.10. The summed E-state index contributed by atoms with van der Waals surface area (Å²) in [5.41, 5.74) is 1.27. The second-order valence-corrected chi connectivity index (χ2v) is 4.07. The predicted octanol–water partition coefficient (Wildman–Crippen LogP) is 1.67. The van der Waals surface area contributed by atoms with Gasteiger partial charge in [-0.15, -0.1) is 5.10 Å². The monoisotopic (exact) mass is 249 g/mol. The fourth-order valence-corrected chi connectivity index (χ4v) is 1.51. The fourth-order valence-electron chi connectivity index (χ4n) is 1.51. The minimum absolute atomic E-state index is 0.316. The van der Waals surface area contributed by atoms with Gasteiger partial charge in [-0.2, -0.15) is 0 Å². The first-order valence-corrected chi connectivity index (χ1v) is 5.46. The topological polar surface area (TPSA) is 68.0 Å². The van der Waals surface area contributed by atoms with E-state index >= 15 is 0 Å². The summed E-state index contributed by atoms with van der Waals surface area (Å²) in [5.74, 6) is -1.70. The first-order chi connectivity index (χ1) is 8.56. The predicted molar refractivity (Wildman–Crippen MR) is 61.8 cm³/mol. The van der Waals surface area contributed by atoms with Gasteiger partial charge in [0.1, 0.15) is 5.82 Å². The van der Waals surface area contributed by atoms with Gasteiger partial charge in [0, 0.05) is 6.42 Å². The molecule has 94 valence electrons. The van der Waals surface area contributed by atoms with Crippen molar-refractivity contribution in [3.8, 4) is 5.69 Å². The number of benzene rings is 1. The minimum Gasteiger partial charge on any atom is -0.481 e. The van der Waals surface area contributed by atoms with Gasteiger partial charge in [0.15, 0.2) is 0 Å². The molecule has 0 bridgehead atoms. The third kappa shape index (κ3) is 2.71. The third-order valence-electron chi connectivity index (χ3n) is 2.57. The Morgan fingerprint density at radius 2 is 2.11 bits per heavy atom. The lowest BCUT2D eigenvalue weighted by Gasteiger charge is -2.01. The Morgan fingerprint density at radius 1 is 1.44 bits per heavy atom. The van der Waals surface area contributed by atoms with Crippen LogP contribution in [-0.2, 0) is 11.2 Å². The van der Waals surface area contributed by atoms with Crippen LogP contribution < -0.4 is 0 Å². The summed E-state index contributed by atoms with van der Waals surface area (Å²) in [6.07, 6.45) is 1.96. The molecule has 1 N–H and O–H groups in total. The number of aliphatic carboxylic acids is 1. The van der Waals surface area contributed by atoms with Crippen LogP contribution in [0.3, 0.4) is 0 Å². The van der Waals surface area contributed by atoms with Gasteiger partial charge < -0.3 is 5.11 Å². The van der Waals surface area contributed by atoms with E-state index in [-0.39, 0.29) is 5.82 Å². The molecule has 0 aliphatic carbocycles. The van der Waals surface area contributed by atoms with E-state index in [1.165, 1.54) is 16.8 Å². The second-order valence-electron chi connectivity index (χ2n) is 4.07. The third-order valence-corrected chi connectivity index (χ3v) is 2.57. The van der Waals surface area contributed by atoms with Crippen LogP contribution in [0.4, 0.5) is 4.39 Å². The molecule has 1 atom stereocenters. The number of carboxylic acids is 1. The summed E-state index contributed by atoms with van der Waals surface area (Å²) in [4.78, 5) is 10.7. The number of hydrogen-bond acceptors (Lipinski definition) is 3. The molecule has 0 spiro atoms. The van der Waals surface area contributed by atoms with Crippen molar-refractivity contribution in [1.29, 1.82) is 0 Å². The van der Waals surface area contributed by atoms with Crippen molar-refractivity contribution in [3.63, 3.8) is 0 Å². The van der Waals surface area contributed by atoms with E-state index < -0.39 is 11.9 Å². The number of carbonyl (C=O) groups is 1. The molecule has 1 unspecified atom stereocenters. The van der Waals surface area contributed by atoms with Crippen molar-refractivity contribution in [1.82, 2.24) is 15.0 Å². The van der Waals surface area contributed by atoms with Gasteiger partial charge in [0.05, 0.1) is 23.5 Å². The molecule has 2 aromatic rings. The van der Waals surface area contributed by atoms with Gasteiger partial charge in [-0.1, -0.05) is 12.1 Å². The maximum atomic E-state index is 12.8. The maximum Gasteiger partial charge on any atom is 0.306 e. The molecule has 0 saturated carbocycles. The van der Waals surface area contributed by atoms with Crippen molar-refractivity contribution in [2.75, 3.05) is 0 Å². The van der Waals surface area contributed by atoms with Gasteiger partial charge in [0.25, 0.3) is 0 Å². The summed E-state index contributed by atoms with van der Waals surface area (Å²) in [7, 11) is 0. The molecule has 2 rings (SSSR count). The van der Waals surface area contributed by atoms with Crippen LogP contribution in [-0.4, -0.2) is 26.1 Å². The quantitative estimate of drug-likeness (QED) is 0.894. The number of carboxylic acid groups (broad SMARTS) is 1. The summed E-state index contributed by atoms with van der Waals surface area (Å²) < 4.78 is 14.2. The molecule has 0 aliphatic heterocycles. The van der Waals surface area contributed by atoms with Crippen molar-refractivity contribution in [3.05, 3.63) is 42.0 Å². The fraction of sp³-hybridized carbons (Fsp3) is 0.250. The van der Waals surface area contributed by atoms with Crippen LogP contribution in [0.25, 0.3) is 5.69 Å². The first kappa shape index (κ1) is 12.2. The average Bonchev–Trinajstić information content (AvgIpc) is 2.78. The smallest absolute Gasteiger partial charge is 0.306 e. The van der Waals surface area contributed by atoms with Gasteiger partial charge in [-0.25, -0.2) is 9.07 Å². The molecule has 1 aromatic carbocycles. The van der Waals surface area contributed by atoms with Crippen LogP contribution in [0.2, 0.25) is 0 Å². The molecule has 6 heteroatoms. The number of nitrogens with zero attached hydrogens (tertiary/aromatic N) is 3.